The number of aromatic nitrogens is 2. The number of hydrogen-bond donors (Lipinski definition) is 2. The fraction of sp³-hybridized carbons (Fsp3) is 0.400. The van der Waals surface area contributed by atoms with E-state index in [1.807, 2.05) is 19.9 Å². The molecule has 2 aromatic heterocycles. The Morgan fingerprint density at radius 1 is 1.09 bits per heavy atom. The number of amides is 2. The zero-order valence-electron chi connectivity index (χ0n) is 18.4. The molecule has 172 valence electrons. The lowest BCUT2D eigenvalue weighted by atomic mass is 10.1. The van der Waals surface area contributed by atoms with Crippen LogP contribution in [-0.4, -0.2) is 59.7 Å². The molecule has 0 saturated carbocycles. The normalized spacial score (nSPS) is 10.4. The molecule has 0 saturated heterocycles. The predicted molar refractivity (Wildman–Crippen MR) is 120 cm³/mol. The summed E-state index contributed by atoms with van der Waals surface area (Å²) in [4.78, 5) is 57.4. The van der Waals surface area contributed by atoms with Crippen molar-refractivity contribution in [1.29, 1.82) is 0 Å². The van der Waals surface area contributed by atoms with Crippen LogP contribution in [0.2, 0.25) is 0 Å². The number of thioether (sulfide) groups is 1. The van der Waals surface area contributed by atoms with Crippen LogP contribution in [0, 0.1) is 20.8 Å². The van der Waals surface area contributed by atoms with E-state index in [9.17, 15) is 19.2 Å². The minimum atomic E-state index is -0.659. The van der Waals surface area contributed by atoms with Crippen molar-refractivity contribution in [2.75, 3.05) is 31.3 Å². The van der Waals surface area contributed by atoms with Crippen LogP contribution in [0.4, 0.5) is 5.00 Å². The van der Waals surface area contributed by atoms with Crippen molar-refractivity contribution in [3.8, 4) is 0 Å². The van der Waals surface area contributed by atoms with Crippen molar-refractivity contribution >= 4 is 51.9 Å². The first-order valence-corrected chi connectivity index (χ1v) is 11.4. The molecule has 0 bridgehead atoms. The second-order valence-electron chi connectivity index (χ2n) is 6.49. The number of ether oxygens (including phenoxy) is 2. The summed E-state index contributed by atoms with van der Waals surface area (Å²) >= 11 is 2.04. The van der Waals surface area contributed by atoms with Crippen molar-refractivity contribution in [3.05, 3.63) is 33.5 Å². The first-order valence-electron chi connectivity index (χ1n) is 9.59. The largest absolute Gasteiger partial charge is 0.462 e. The standard InChI is InChI=1S/C20H24N4O6S2/c1-6-29-19(28)15-12(4)16(17(27)21-5)32-18(15)24-13(25)8-30-14(26)9-31-20-22-10(2)7-11(3)23-20/h7H,6,8-9H2,1-5H3,(H,21,27)(H,24,25). The number of esters is 2. The molecular weight excluding hydrogens is 456 g/mol. The third-order valence-electron chi connectivity index (χ3n) is 3.96. The van der Waals surface area contributed by atoms with Gasteiger partial charge in [0.2, 0.25) is 0 Å². The molecule has 0 atom stereocenters. The summed E-state index contributed by atoms with van der Waals surface area (Å²) in [7, 11) is 1.46. The number of rotatable bonds is 9. The summed E-state index contributed by atoms with van der Waals surface area (Å²) in [6.07, 6.45) is 0. The number of carbonyl (C=O) groups is 4. The van der Waals surface area contributed by atoms with Gasteiger partial charge in [-0.15, -0.1) is 11.3 Å². The highest BCUT2D eigenvalue weighted by atomic mass is 32.2. The SMILES string of the molecule is CCOC(=O)c1c(NC(=O)COC(=O)CSc2nc(C)cc(C)n2)sc(C(=O)NC)c1C. The van der Waals surface area contributed by atoms with E-state index < -0.39 is 30.4 Å². The maximum absolute atomic E-state index is 12.3. The first kappa shape index (κ1) is 25.3. The Morgan fingerprint density at radius 3 is 2.34 bits per heavy atom. The molecule has 2 heterocycles. The van der Waals surface area contributed by atoms with Crippen LogP contribution in [-0.2, 0) is 19.1 Å². The summed E-state index contributed by atoms with van der Waals surface area (Å²) in [5.41, 5.74) is 2.06. The Morgan fingerprint density at radius 2 is 1.75 bits per heavy atom. The van der Waals surface area contributed by atoms with Crippen molar-refractivity contribution < 1.29 is 28.7 Å². The van der Waals surface area contributed by atoms with Crippen molar-refractivity contribution in [1.82, 2.24) is 15.3 Å². The van der Waals surface area contributed by atoms with Gasteiger partial charge in [-0.25, -0.2) is 14.8 Å². The highest BCUT2D eigenvalue weighted by molar-refractivity contribution is 7.99. The lowest BCUT2D eigenvalue weighted by Crippen LogP contribution is -2.22. The summed E-state index contributed by atoms with van der Waals surface area (Å²) in [5, 5.41) is 5.61. The van der Waals surface area contributed by atoms with Crippen LogP contribution in [0.25, 0.3) is 0 Å². The van der Waals surface area contributed by atoms with Gasteiger partial charge in [0.15, 0.2) is 11.8 Å². The molecule has 0 unspecified atom stereocenters. The average molecular weight is 481 g/mol. The minimum Gasteiger partial charge on any atom is -0.462 e. The summed E-state index contributed by atoms with van der Waals surface area (Å²) < 4.78 is 10.0. The molecule has 0 aromatic carbocycles. The van der Waals surface area contributed by atoms with E-state index in [1.54, 1.807) is 13.8 Å². The van der Waals surface area contributed by atoms with E-state index in [2.05, 4.69) is 20.6 Å². The van der Waals surface area contributed by atoms with Gasteiger partial charge in [0.05, 0.1) is 22.8 Å². The quantitative estimate of drug-likeness (QED) is 0.314. The Kier molecular flexibility index (Phi) is 9.14. The van der Waals surface area contributed by atoms with E-state index in [0.29, 0.717) is 10.7 Å². The highest BCUT2D eigenvalue weighted by Crippen LogP contribution is 2.33. The second kappa shape index (κ2) is 11.6. The third-order valence-corrected chi connectivity index (χ3v) is 5.98. The molecular formula is C20H24N4O6S2. The number of hydrogen-bond acceptors (Lipinski definition) is 10. The van der Waals surface area contributed by atoms with Gasteiger partial charge >= 0.3 is 11.9 Å². The lowest BCUT2D eigenvalue weighted by Gasteiger charge is -2.08. The van der Waals surface area contributed by atoms with Crippen LogP contribution in [0.5, 0.6) is 0 Å². The Hall–Kier alpha value is -2.99. The number of thiophene rings is 1. The molecule has 12 heteroatoms. The second-order valence-corrected chi connectivity index (χ2v) is 8.45. The molecule has 2 rings (SSSR count). The van der Waals surface area contributed by atoms with E-state index in [4.69, 9.17) is 9.47 Å². The van der Waals surface area contributed by atoms with E-state index >= 15 is 0 Å². The van der Waals surface area contributed by atoms with Crippen LogP contribution >= 0.6 is 23.1 Å². The van der Waals surface area contributed by atoms with Gasteiger partial charge in [-0.1, -0.05) is 11.8 Å². The zero-order chi connectivity index (χ0) is 23.8. The Balaban J connectivity index is 2.00. The van der Waals surface area contributed by atoms with Gasteiger partial charge in [0.25, 0.3) is 11.8 Å². The molecule has 2 N–H and O–H groups in total. The predicted octanol–water partition coefficient (Wildman–Crippen LogP) is 2.27. The molecule has 10 nitrogen and oxygen atoms in total. The lowest BCUT2D eigenvalue weighted by molar-refractivity contribution is -0.144. The van der Waals surface area contributed by atoms with Crippen molar-refractivity contribution in [2.45, 2.75) is 32.9 Å². The van der Waals surface area contributed by atoms with Gasteiger partial charge in [-0.2, -0.15) is 0 Å². The molecule has 0 spiro atoms. The van der Waals surface area contributed by atoms with Gasteiger partial charge in [0, 0.05) is 18.4 Å². The first-order chi connectivity index (χ1) is 15.2. The van der Waals surface area contributed by atoms with Crippen LogP contribution < -0.4 is 10.6 Å². The number of nitrogens with one attached hydrogen (secondary N) is 2. The number of carbonyl (C=O) groups excluding carboxylic acids is 4. The fourth-order valence-electron chi connectivity index (χ4n) is 2.61. The summed E-state index contributed by atoms with van der Waals surface area (Å²) in [5.74, 6) is -2.39. The topological polar surface area (TPSA) is 137 Å². The van der Waals surface area contributed by atoms with Crippen molar-refractivity contribution in [3.63, 3.8) is 0 Å². The number of nitrogens with zero attached hydrogens (tertiary/aromatic N) is 2. The van der Waals surface area contributed by atoms with Gasteiger partial charge < -0.3 is 20.1 Å². The highest BCUT2D eigenvalue weighted by Gasteiger charge is 2.26. The average Bonchev–Trinajstić information content (AvgIpc) is 3.05. The Bertz CT molecular complexity index is 1020. The third kappa shape index (κ3) is 6.76. The monoisotopic (exact) mass is 480 g/mol. The molecule has 2 amide bonds. The van der Waals surface area contributed by atoms with Crippen LogP contribution in [0.15, 0.2) is 11.2 Å². The molecule has 0 aliphatic rings. The fourth-order valence-corrected chi connectivity index (χ4v) is 4.52. The van der Waals surface area contributed by atoms with Crippen LogP contribution in [0.3, 0.4) is 0 Å². The minimum absolute atomic E-state index is 0.0663. The maximum atomic E-state index is 12.3. The van der Waals surface area contributed by atoms with Gasteiger partial charge in [-0.3, -0.25) is 14.4 Å². The molecule has 2 aromatic rings. The molecule has 32 heavy (non-hydrogen) atoms. The van der Waals surface area contributed by atoms with Crippen LogP contribution in [0.1, 0.15) is 43.9 Å². The van der Waals surface area contributed by atoms with E-state index in [1.165, 1.54) is 7.05 Å². The molecule has 0 radical (unpaired) electrons. The molecule has 0 aliphatic carbocycles. The Labute approximate surface area is 193 Å². The summed E-state index contributed by atoms with van der Waals surface area (Å²) in [6, 6.07) is 1.82. The number of aryl methyl sites for hydroxylation is 2. The van der Waals surface area contributed by atoms with Gasteiger partial charge in [-0.05, 0) is 39.3 Å². The van der Waals surface area contributed by atoms with E-state index in [-0.39, 0.29) is 27.8 Å². The van der Waals surface area contributed by atoms with E-state index in [0.717, 1.165) is 34.5 Å². The smallest absolute Gasteiger partial charge is 0.341 e. The van der Waals surface area contributed by atoms with Gasteiger partial charge in [0.1, 0.15) is 5.00 Å². The summed E-state index contributed by atoms with van der Waals surface area (Å²) in [6.45, 7) is 6.48. The van der Waals surface area contributed by atoms with Crippen molar-refractivity contribution in [2.24, 2.45) is 0 Å². The molecule has 0 fully saturated rings. The number of anilines is 1. The zero-order valence-corrected chi connectivity index (χ0v) is 20.0. The molecule has 0 aliphatic heterocycles. The maximum Gasteiger partial charge on any atom is 0.341 e.